The Morgan fingerprint density at radius 1 is 0.429 bits per heavy atom. The second-order valence-corrected chi connectivity index (χ2v) is 26.2. The van der Waals surface area contributed by atoms with Crippen LogP contribution in [-0.4, -0.2) is 229 Å². The molecule has 0 aromatic carbocycles. The number of aliphatic hydroxyl groups is 1. The highest BCUT2D eigenvalue weighted by molar-refractivity contribution is 7.98. The molecular weight excluding hydrogens is 1310 g/mol. The molecule has 0 unspecified atom stereocenters. The van der Waals surface area contributed by atoms with E-state index < -0.39 is 243 Å². The molecule has 37 heteroatoms. The third-order valence-corrected chi connectivity index (χ3v) is 16.2. The van der Waals surface area contributed by atoms with E-state index >= 15 is 0 Å². The lowest BCUT2D eigenvalue weighted by atomic mass is 9.96. The molecule has 15 atom stereocenters. The van der Waals surface area contributed by atoms with Crippen molar-refractivity contribution in [2.24, 2.45) is 46.8 Å². The van der Waals surface area contributed by atoms with E-state index in [9.17, 15) is 102 Å². The summed E-state index contributed by atoms with van der Waals surface area (Å²) in [4.78, 5) is 209. The Labute approximate surface area is 573 Å². The second kappa shape index (κ2) is 46.1. The molecule has 0 aromatic heterocycles. The van der Waals surface area contributed by atoms with Crippen molar-refractivity contribution in [1.82, 2.24) is 53.2 Å². The third kappa shape index (κ3) is 34.8. The van der Waals surface area contributed by atoms with Crippen molar-refractivity contribution in [3.8, 4) is 0 Å². The number of carboxylic acid groups (broad SMARTS) is 5. The van der Waals surface area contributed by atoms with Gasteiger partial charge in [0, 0.05) is 31.8 Å². The molecule has 0 aliphatic rings. The van der Waals surface area contributed by atoms with Crippen molar-refractivity contribution in [1.29, 1.82) is 0 Å². The number of amides is 10. The number of hydrogen-bond donors (Lipinski definition) is 19. The average molecular weight is 1420 g/mol. The van der Waals surface area contributed by atoms with Crippen LogP contribution in [-0.2, 0) is 81.4 Å². The van der Waals surface area contributed by atoms with Gasteiger partial charge in [-0.3, -0.25) is 71.9 Å². The number of hydrogen-bond acceptors (Lipinski definition) is 22. The molecular formula is C61H105N13O23S. The Morgan fingerprint density at radius 2 is 0.806 bits per heavy atom. The molecule has 0 rings (SSSR count). The quantitative estimate of drug-likeness (QED) is 0.0263. The molecule has 98 heavy (non-hydrogen) atoms. The SMILES string of the molecule is CC[C@H](C)[C@H](NC(=O)[C@H](CCC(=O)O)NC(=O)[C@@H](N)CCC(=O)O)C(=O)N[C@@H](CO)C(=O)N[C@@H](CCC(=O)O)C(=O)N[C@H](C(=O)N[C@@H](CC(=O)O)C(=O)O[C@@H](CN[C@@H](CCSC)C(=O)N[C@H](C(=O)N[C@@H](CC(C)C)C(=O)N[C@@H](CC(=O)O)C(N)=O)C(C)C)[C@@H](N)CC(C)C)[C@@H](C)CC. The maximum absolute atomic E-state index is 14.3. The minimum atomic E-state index is -2.00. The molecule has 0 spiro atoms. The number of nitrogens with one attached hydrogen (secondary N) is 10. The van der Waals surface area contributed by atoms with E-state index in [0.717, 1.165) is 0 Å². The minimum Gasteiger partial charge on any atom is -0.481 e. The number of carboxylic acids is 5. The lowest BCUT2D eigenvalue weighted by molar-refractivity contribution is -0.157. The maximum Gasteiger partial charge on any atom is 0.329 e. The van der Waals surface area contributed by atoms with Gasteiger partial charge in [-0.2, -0.15) is 11.8 Å². The first-order valence-corrected chi connectivity index (χ1v) is 33.7. The average Bonchev–Trinajstić information content (AvgIpc) is 0.858. The van der Waals surface area contributed by atoms with Gasteiger partial charge < -0.3 is 106 Å². The molecule has 0 aliphatic carbocycles. The number of carbonyl (C=O) groups is 16. The van der Waals surface area contributed by atoms with Crippen LogP contribution in [0.25, 0.3) is 0 Å². The fraction of sp³-hybridized carbons (Fsp3) is 0.738. The van der Waals surface area contributed by atoms with Gasteiger partial charge in [0.2, 0.25) is 59.1 Å². The third-order valence-electron chi connectivity index (χ3n) is 15.6. The zero-order chi connectivity index (χ0) is 75.4. The highest BCUT2D eigenvalue weighted by atomic mass is 32.2. The summed E-state index contributed by atoms with van der Waals surface area (Å²) in [7, 11) is 0. The molecule has 0 radical (unpaired) electrons. The zero-order valence-electron chi connectivity index (χ0n) is 57.5. The number of primary amides is 1. The Bertz CT molecular complexity index is 2730. The molecule has 36 nitrogen and oxygen atoms in total. The monoisotopic (exact) mass is 1420 g/mol. The fourth-order valence-electron chi connectivity index (χ4n) is 9.48. The number of aliphatic carboxylic acids is 5. The van der Waals surface area contributed by atoms with Crippen LogP contribution in [0.5, 0.6) is 0 Å². The Kier molecular flexibility index (Phi) is 42.2. The first-order chi connectivity index (χ1) is 45.6. The second-order valence-electron chi connectivity index (χ2n) is 25.2. The molecule has 0 bridgehead atoms. The van der Waals surface area contributed by atoms with Crippen molar-refractivity contribution >= 4 is 107 Å². The van der Waals surface area contributed by atoms with E-state index in [0.29, 0.717) is 5.75 Å². The van der Waals surface area contributed by atoms with Crippen LogP contribution in [0, 0.1) is 29.6 Å². The molecule has 0 aromatic rings. The van der Waals surface area contributed by atoms with E-state index in [2.05, 4.69) is 53.2 Å². The minimum absolute atomic E-state index is 0.0247. The standard InChI is InChI=1S/C61H105N13O23S/c1-12-31(9)49(73-55(90)37(16-19-45(80)81)67-57(92)41(27-75)71-60(95)50(32(10)13-2)74-54(89)36(15-18-44(78)79)66-52(87)33(62)14-17-43(76)77)59(94)70-40(25-47(84)85)61(96)97-42(34(63)22-28(3)4)26-65-35(20-21-98-11)53(88)72-48(30(7)8)58(93)69-39(23-29(5)6)56(91)68-38(51(64)86)24-46(82)83/h28-42,48-50,65,75H,12-27,62-63H2,1-11H3,(H2,64,86)(H,66,87)(H,67,92)(H,68,91)(H,69,93)(H,70,94)(H,71,95)(H,72,88)(H,73,90)(H,74,89)(H,76,77)(H,78,79)(H,80,81)(H,82,83)(H,84,85)/t31-,32-,33-,34-,35-,36-,37-,38-,39-,40-,41-,42-,48-,49-,50-/m0/s1. The predicted molar refractivity (Wildman–Crippen MR) is 352 cm³/mol. The molecule has 0 saturated carbocycles. The van der Waals surface area contributed by atoms with Crippen LogP contribution in [0.1, 0.15) is 153 Å². The summed E-state index contributed by atoms with van der Waals surface area (Å²) in [5.74, 6) is -21.1. The summed E-state index contributed by atoms with van der Waals surface area (Å²) in [5, 5.41) is 82.2. The van der Waals surface area contributed by atoms with E-state index in [1.807, 2.05) is 0 Å². The molecule has 0 aliphatic heterocycles. The predicted octanol–water partition coefficient (Wildman–Crippen LogP) is -3.51. The van der Waals surface area contributed by atoms with Gasteiger partial charge >= 0.3 is 35.8 Å². The first-order valence-electron chi connectivity index (χ1n) is 32.3. The van der Waals surface area contributed by atoms with E-state index in [1.165, 1.54) is 25.6 Å². The van der Waals surface area contributed by atoms with Gasteiger partial charge in [-0.1, -0.05) is 82.1 Å². The number of ether oxygens (including phenoxy) is 1. The van der Waals surface area contributed by atoms with E-state index in [1.54, 1.807) is 61.6 Å². The van der Waals surface area contributed by atoms with Crippen LogP contribution in [0.4, 0.5) is 0 Å². The number of thioether (sulfide) groups is 1. The van der Waals surface area contributed by atoms with Crippen molar-refractivity contribution in [2.75, 3.05) is 25.2 Å². The van der Waals surface area contributed by atoms with Gasteiger partial charge in [0.1, 0.15) is 60.5 Å². The largest absolute Gasteiger partial charge is 0.481 e. The van der Waals surface area contributed by atoms with Gasteiger partial charge in [0.25, 0.3) is 0 Å². The summed E-state index contributed by atoms with van der Waals surface area (Å²) in [6.45, 7) is 15.0. The lowest BCUT2D eigenvalue weighted by Gasteiger charge is -2.31. The number of rotatable bonds is 51. The zero-order valence-corrected chi connectivity index (χ0v) is 58.3. The summed E-state index contributed by atoms with van der Waals surface area (Å²) < 4.78 is 5.87. The van der Waals surface area contributed by atoms with Gasteiger partial charge in [0.15, 0.2) is 0 Å². The number of nitrogens with two attached hydrogens (primary N) is 3. The lowest BCUT2D eigenvalue weighted by Crippen LogP contribution is -2.62. The highest BCUT2D eigenvalue weighted by Crippen LogP contribution is 2.17. The Morgan fingerprint density at radius 3 is 1.22 bits per heavy atom. The smallest absolute Gasteiger partial charge is 0.329 e. The number of aliphatic hydroxyl groups excluding tert-OH is 1. The molecule has 558 valence electrons. The molecule has 22 N–H and O–H groups in total. The normalized spacial score (nSPS) is 15.9. The van der Waals surface area contributed by atoms with E-state index in [-0.39, 0.29) is 56.9 Å². The number of carbonyl (C=O) groups excluding carboxylic acids is 11. The summed E-state index contributed by atoms with van der Waals surface area (Å²) in [6, 6.07) is -18.4. The highest BCUT2D eigenvalue weighted by Gasteiger charge is 2.39. The summed E-state index contributed by atoms with van der Waals surface area (Å²) >= 11 is 1.36. The van der Waals surface area contributed by atoms with Gasteiger partial charge in [-0.25, -0.2) is 4.79 Å². The summed E-state index contributed by atoms with van der Waals surface area (Å²) in [5.41, 5.74) is 17.7. The van der Waals surface area contributed by atoms with Crippen molar-refractivity contribution in [2.45, 2.75) is 231 Å². The topological polar surface area (TPSA) is 602 Å². The van der Waals surface area contributed by atoms with Crippen LogP contribution < -0.4 is 70.4 Å². The Hall–Kier alpha value is -8.29. The number of esters is 1. The molecule has 0 heterocycles. The van der Waals surface area contributed by atoms with Crippen molar-refractivity contribution in [3.05, 3.63) is 0 Å². The van der Waals surface area contributed by atoms with Gasteiger partial charge in [0.05, 0.1) is 31.5 Å². The van der Waals surface area contributed by atoms with Gasteiger partial charge in [-0.15, -0.1) is 0 Å². The van der Waals surface area contributed by atoms with Crippen LogP contribution in [0.3, 0.4) is 0 Å². The molecule has 0 saturated heterocycles. The maximum atomic E-state index is 14.3. The van der Waals surface area contributed by atoms with E-state index in [4.69, 9.17) is 27.0 Å². The van der Waals surface area contributed by atoms with Crippen LogP contribution in [0.2, 0.25) is 0 Å². The van der Waals surface area contributed by atoms with Crippen molar-refractivity contribution < 1.29 is 112 Å². The molecule has 10 amide bonds. The first kappa shape index (κ1) is 89.7. The van der Waals surface area contributed by atoms with Crippen LogP contribution in [0.15, 0.2) is 0 Å². The van der Waals surface area contributed by atoms with Crippen molar-refractivity contribution in [3.63, 3.8) is 0 Å². The molecule has 0 fully saturated rings. The van der Waals surface area contributed by atoms with Gasteiger partial charge in [-0.05, 0) is 80.1 Å². The fourth-order valence-corrected chi connectivity index (χ4v) is 9.95. The Balaban J connectivity index is 6.99. The summed E-state index contributed by atoms with van der Waals surface area (Å²) in [6.07, 6.45) is -4.41. The van der Waals surface area contributed by atoms with Crippen LogP contribution >= 0.6 is 11.8 Å².